The number of amides is 2. The zero-order valence-electron chi connectivity index (χ0n) is 19.7. The van der Waals surface area contributed by atoms with Gasteiger partial charge in [0, 0.05) is 19.3 Å². The van der Waals surface area contributed by atoms with Gasteiger partial charge in [-0.25, -0.2) is 4.79 Å². The third-order valence-electron chi connectivity index (χ3n) is 5.82. The van der Waals surface area contributed by atoms with Crippen molar-refractivity contribution < 1.29 is 14.3 Å². The van der Waals surface area contributed by atoms with Crippen LogP contribution in [-0.4, -0.2) is 42.2 Å². The van der Waals surface area contributed by atoms with Gasteiger partial charge in [0.15, 0.2) is 0 Å². The first-order valence-corrected chi connectivity index (χ1v) is 11.7. The number of nitrogens with one attached hydrogen (secondary N) is 1. The van der Waals surface area contributed by atoms with Crippen LogP contribution >= 0.6 is 0 Å². The maximum absolute atomic E-state index is 12.6. The van der Waals surface area contributed by atoms with Gasteiger partial charge < -0.3 is 19.7 Å². The number of aromatic nitrogens is 1. The number of piperidine rings is 1. The largest absolute Gasteiger partial charge is 0.490 e. The lowest BCUT2D eigenvalue weighted by Gasteiger charge is -2.33. The van der Waals surface area contributed by atoms with Gasteiger partial charge in [0.05, 0.1) is 11.9 Å². The van der Waals surface area contributed by atoms with Crippen LogP contribution in [0.1, 0.15) is 24.5 Å². The number of pyridine rings is 1. The quantitative estimate of drug-likeness (QED) is 0.455. The molecular weight excluding hydrogens is 426 g/mol. The van der Waals surface area contributed by atoms with Crippen LogP contribution in [0.15, 0.2) is 78.6 Å². The molecule has 0 radical (unpaired) electrons. The Morgan fingerprint density at radius 1 is 1.09 bits per heavy atom. The zero-order chi connectivity index (χ0) is 23.8. The fraction of sp³-hybridized carbons (Fsp3) is 0.286. The van der Waals surface area contributed by atoms with Gasteiger partial charge in [0.25, 0.3) is 0 Å². The van der Waals surface area contributed by atoms with E-state index in [1.54, 1.807) is 12.4 Å². The molecule has 0 aliphatic carbocycles. The normalized spacial score (nSPS) is 16.8. The number of hydrogen-bond acceptors (Lipinski definition) is 4. The van der Waals surface area contributed by atoms with Crippen LogP contribution in [0.25, 0.3) is 6.08 Å². The number of carbonyl (C=O) groups is 1. The van der Waals surface area contributed by atoms with Crippen LogP contribution in [-0.2, 0) is 0 Å². The number of hydrogen-bond donors (Lipinski definition) is 1. The van der Waals surface area contributed by atoms with Crippen molar-refractivity contribution in [3.8, 4) is 11.5 Å². The molecule has 6 nitrogen and oxygen atoms in total. The molecule has 6 heteroatoms. The topological polar surface area (TPSA) is 63.7 Å². The second-order valence-corrected chi connectivity index (χ2v) is 8.57. The summed E-state index contributed by atoms with van der Waals surface area (Å²) in [6, 6.07) is 19.7. The number of likely N-dealkylation sites (tertiary alicyclic amines) is 1. The van der Waals surface area contributed by atoms with Crippen molar-refractivity contribution in [3.05, 3.63) is 89.8 Å². The van der Waals surface area contributed by atoms with Gasteiger partial charge in [0.1, 0.15) is 24.7 Å². The van der Waals surface area contributed by atoms with Crippen LogP contribution in [0.3, 0.4) is 0 Å². The first-order valence-electron chi connectivity index (χ1n) is 11.7. The molecule has 0 bridgehead atoms. The molecule has 1 unspecified atom stereocenters. The van der Waals surface area contributed by atoms with E-state index in [4.69, 9.17) is 9.47 Å². The molecule has 3 aromatic rings. The Balaban J connectivity index is 1.28. The van der Waals surface area contributed by atoms with E-state index in [1.165, 1.54) is 11.1 Å². The number of nitrogens with zero attached hydrogens (tertiary/aromatic N) is 2. The van der Waals surface area contributed by atoms with E-state index in [1.807, 2.05) is 66.4 Å². The van der Waals surface area contributed by atoms with Crippen molar-refractivity contribution in [1.82, 2.24) is 9.88 Å². The average Bonchev–Trinajstić information content (AvgIpc) is 2.84. The van der Waals surface area contributed by atoms with Crippen molar-refractivity contribution in [3.63, 3.8) is 0 Å². The fourth-order valence-electron chi connectivity index (χ4n) is 4.02. The Morgan fingerprint density at radius 2 is 1.85 bits per heavy atom. The minimum atomic E-state index is -0.0813. The van der Waals surface area contributed by atoms with E-state index in [0.29, 0.717) is 32.0 Å². The van der Waals surface area contributed by atoms with Gasteiger partial charge in [-0.05, 0) is 66.8 Å². The lowest BCUT2D eigenvalue weighted by atomic mass is 9.91. The van der Waals surface area contributed by atoms with Gasteiger partial charge >= 0.3 is 6.03 Å². The Hall–Kier alpha value is -3.80. The summed E-state index contributed by atoms with van der Waals surface area (Å²) in [6.07, 6.45) is 6.41. The van der Waals surface area contributed by atoms with Crippen LogP contribution in [0.5, 0.6) is 11.5 Å². The van der Waals surface area contributed by atoms with Crippen molar-refractivity contribution in [2.75, 3.05) is 31.6 Å². The predicted octanol–water partition coefficient (Wildman–Crippen LogP) is 5.81. The van der Waals surface area contributed by atoms with Gasteiger partial charge in [-0.2, -0.15) is 0 Å². The second-order valence-electron chi connectivity index (χ2n) is 8.57. The Morgan fingerprint density at radius 3 is 2.56 bits per heavy atom. The third-order valence-corrected chi connectivity index (χ3v) is 5.82. The summed E-state index contributed by atoms with van der Waals surface area (Å²) in [5.74, 6) is 1.96. The lowest BCUT2D eigenvalue weighted by Crippen LogP contribution is -2.42. The van der Waals surface area contributed by atoms with E-state index in [0.717, 1.165) is 23.5 Å². The summed E-state index contributed by atoms with van der Waals surface area (Å²) >= 11 is 0. The fourth-order valence-corrected chi connectivity index (χ4v) is 4.02. The van der Waals surface area contributed by atoms with Crippen LogP contribution < -0.4 is 14.8 Å². The molecule has 2 aromatic carbocycles. The van der Waals surface area contributed by atoms with Gasteiger partial charge in [-0.3, -0.25) is 4.98 Å². The van der Waals surface area contributed by atoms with E-state index < -0.39 is 0 Å². The third kappa shape index (κ3) is 6.61. The predicted molar refractivity (Wildman–Crippen MR) is 135 cm³/mol. The molecule has 0 saturated carbocycles. The van der Waals surface area contributed by atoms with E-state index in [2.05, 4.69) is 29.4 Å². The van der Waals surface area contributed by atoms with E-state index in [-0.39, 0.29) is 11.9 Å². The highest BCUT2D eigenvalue weighted by molar-refractivity contribution is 5.89. The molecule has 1 atom stereocenters. The SMILES string of the molecule is Cc1cccc(OCCOc2cccc(/C=C3\CCN(C(=O)Nc4cccnc4)CC3C)c2)c1. The van der Waals surface area contributed by atoms with Crippen molar-refractivity contribution in [2.24, 2.45) is 5.92 Å². The number of aryl methyl sites for hydroxylation is 1. The van der Waals surface area contributed by atoms with E-state index >= 15 is 0 Å². The number of anilines is 1. The Kier molecular flexibility index (Phi) is 7.81. The zero-order valence-corrected chi connectivity index (χ0v) is 19.7. The number of rotatable bonds is 7. The summed E-state index contributed by atoms with van der Waals surface area (Å²) in [4.78, 5) is 18.5. The summed E-state index contributed by atoms with van der Waals surface area (Å²) < 4.78 is 11.7. The molecule has 2 heterocycles. The first kappa shape index (κ1) is 23.4. The lowest BCUT2D eigenvalue weighted by molar-refractivity contribution is 0.198. The average molecular weight is 458 g/mol. The molecule has 34 heavy (non-hydrogen) atoms. The number of ether oxygens (including phenoxy) is 2. The highest BCUT2D eigenvalue weighted by atomic mass is 16.5. The molecule has 1 N–H and O–H groups in total. The molecule has 1 aliphatic rings. The van der Waals surface area contributed by atoms with Crippen LogP contribution in [0.2, 0.25) is 0 Å². The molecule has 4 rings (SSSR count). The number of carbonyl (C=O) groups excluding carboxylic acids is 1. The highest BCUT2D eigenvalue weighted by Gasteiger charge is 2.24. The highest BCUT2D eigenvalue weighted by Crippen LogP contribution is 2.26. The monoisotopic (exact) mass is 457 g/mol. The molecule has 1 saturated heterocycles. The number of benzene rings is 2. The van der Waals surface area contributed by atoms with Gasteiger partial charge in [-0.15, -0.1) is 0 Å². The molecule has 0 spiro atoms. The van der Waals surface area contributed by atoms with Gasteiger partial charge in [0.2, 0.25) is 0 Å². The summed E-state index contributed by atoms with van der Waals surface area (Å²) in [7, 11) is 0. The molecule has 1 aromatic heterocycles. The standard InChI is InChI=1S/C28H31N3O3/c1-21-6-3-9-26(16-21)33-14-15-34-27-10-4-7-23(18-27)17-24-11-13-31(20-22(24)2)28(32)30-25-8-5-12-29-19-25/h3-10,12,16-19,22H,11,13-15,20H2,1-2H3,(H,30,32)/b24-17+. The maximum atomic E-state index is 12.6. The molecule has 2 amide bonds. The van der Waals surface area contributed by atoms with Crippen molar-refractivity contribution in [2.45, 2.75) is 20.3 Å². The molecule has 1 aliphatic heterocycles. The van der Waals surface area contributed by atoms with Crippen LogP contribution in [0, 0.1) is 12.8 Å². The first-order chi connectivity index (χ1) is 16.6. The van der Waals surface area contributed by atoms with E-state index in [9.17, 15) is 4.79 Å². The summed E-state index contributed by atoms with van der Waals surface area (Å²) in [5, 5.41) is 2.92. The van der Waals surface area contributed by atoms with Gasteiger partial charge in [-0.1, -0.05) is 42.8 Å². The van der Waals surface area contributed by atoms with Crippen molar-refractivity contribution in [1.29, 1.82) is 0 Å². The van der Waals surface area contributed by atoms with Crippen LogP contribution in [0.4, 0.5) is 10.5 Å². The maximum Gasteiger partial charge on any atom is 0.321 e. The Labute approximate surface area is 201 Å². The summed E-state index contributed by atoms with van der Waals surface area (Å²) in [6.45, 7) is 6.55. The second kappa shape index (κ2) is 11.4. The molecule has 1 fully saturated rings. The smallest absolute Gasteiger partial charge is 0.321 e. The van der Waals surface area contributed by atoms with Crippen molar-refractivity contribution >= 4 is 17.8 Å². The summed E-state index contributed by atoms with van der Waals surface area (Å²) in [5.41, 5.74) is 4.33. The molecule has 176 valence electrons. The minimum absolute atomic E-state index is 0.0813. The minimum Gasteiger partial charge on any atom is -0.490 e. The number of urea groups is 1. The molecular formula is C28H31N3O3. The Bertz CT molecular complexity index is 1130.